The van der Waals surface area contributed by atoms with Gasteiger partial charge in [-0.05, 0) is 56.5 Å². The summed E-state index contributed by atoms with van der Waals surface area (Å²) in [5, 5.41) is 14.5. The first kappa shape index (κ1) is 16.3. The summed E-state index contributed by atoms with van der Waals surface area (Å²) in [4.78, 5) is 5.42. The molecule has 0 radical (unpaired) electrons. The van der Waals surface area contributed by atoms with Crippen LogP contribution < -0.4 is 0 Å². The number of phenols is 1. The fraction of sp³-hybridized carbons (Fsp3) is 0.571. The molecule has 4 aliphatic rings. The molecule has 1 N–H and O–H groups in total. The lowest BCUT2D eigenvalue weighted by molar-refractivity contribution is -0.00870. The molecule has 2 aromatic rings. The number of aryl methyl sites for hydroxylation is 1. The van der Waals surface area contributed by atoms with Crippen LogP contribution in [0.15, 0.2) is 36.7 Å². The number of aromatic hydroxyl groups is 1. The first-order chi connectivity index (χ1) is 12.7. The van der Waals surface area contributed by atoms with Crippen molar-refractivity contribution < 1.29 is 5.11 Å². The van der Waals surface area contributed by atoms with E-state index in [2.05, 4.69) is 34.1 Å². The molecule has 26 heavy (non-hydrogen) atoms. The van der Waals surface area contributed by atoms with Crippen LogP contribution in [-0.4, -0.2) is 56.4 Å². The standard InChI is InChI=1S/C21H28N4O/c1-2-25-13-15(11-22-25)12-24-14-19(17-4-3-5-18(26)10-17)21-20(24)16-6-8-23(21)9-7-16/h3-5,10-11,13,16,19-21,26H,2,6-9,12,14H2,1H3/t19-,20+,21+/m1/s1. The van der Waals surface area contributed by atoms with Crippen LogP contribution in [0.4, 0.5) is 0 Å². The van der Waals surface area contributed by atoms with Crippen LogP contribution in [0, 0.1) is 5.92 Å². The summed E-state index contributed by atoms with van der Waals surface area (Å²) in [5.74, 6) is 1.68. The summed E-state index contributed by atoms with van der Waals surface area (Å²) in [6, 6.07) is 9.16. The zero-order valence-corrected chi connectivity index (χ0v) is 15.5. The Morgan fingerprint density at radius 2 is 2.04 bits per heavy atom. The summed E-state index contributed by atoms with van der Waals surface area (Å²) in [6.07, 6.45) is 6.89. The Morgan fingerprint density at radius 3 is 2.77 bits per heavy atom. The highest BCUT2D eigenvalue weighted by Crippen LogP contribution is 2.47. The Bertz CT molecular complexity index is 780. The molecule has 0 aliphatic carbocycles. The molecule has 138 valence electrons. The van der Waals surface area contributed by atoms with E-state index in [4.69, 9.17) is 0 Å². The van der Waals surface area contributed by atoms with Crippen LogP contribution in [0.2, 0.25) is 0 Å². The fourth-order valence-corrected chi connectivity index (χ4v) is 5.67. The van der Waals surface area contributed by atoms with Gasteiger partial charge >= 0.3 is 0 Å². The Labute approximate surface area is 155 Å². The van der Waals surface area contributed by atoms with E-state index in [-0.39, 0.29) is 0 Å². The molecular formula is C21H28N4O. The number of hydrogen-bond donors (Lipinski definition) is 1. The maximum Gasteiger partial charge on any atom is 0.115 e. The molecule has 0 spiro atoms. The van der Waals surface area contributed by atoms with Crippen molar-refractivity contribution in [2.45, 2.75) is 50.9 Å². The normalized spacial score (nSPS) is 33.5. The maximum absolute atomic E-state index is 9.99. The smallest absolute Gasteiger partial charge is 0.115 e. The number of phenolic OH excluding ortho intramolecular Hbond substituents is 1. The highest BCUT2D eigenvalue weighted by molar-refractivity contribution is 5.33. The van der Waals surface area contributed by atoms with Crippen molar-refractivity contribution in [1.29, 1.82) is 0 Å². The van der Waals surface area contributed by atoms with Gasteiger partial charge in [0, 0.05) is 49.4 Å². The Balaban J connectivity index is 1.46. The van der Waals surface area contributed by atoms with Crippen molar-refractivity contribution in [3.63, 3.8) is 0 Å². The molecule has 1 aromatic carbocycles. The highest BCUT2D eigenvalue weighted by atomic mass is 16.3. The minimum atomic E-state index is 0.387. The molecule has 0 unspecified atom stereocenters. The first-order valence-corrected chi connectivity index (χ1v) is 10.0. The average Bonchev–Trinajstić information content (AvgIpc) is 3.29. The van der Waals surface area contributed by atoms with Gasteiger partial charge in [0.2, 0.25) is 0 Å². The van der Waals surface area contributed by atoms with Crippen LogP contribution in [0.3, 0.4) is 0 Å². The molecule has 5 heterocycles. The van der Waals surface area contributed by atoms with E-state index in [0.717, 1.165) is 25.6 Å². The van der Waals surface area contributed by atoms with Crippen LogP contribution in [-0.2, 0) is 13.1 Å². The van der Waals surface area contributed by atoms with Gasteiger partial charge in [-0.1, -0.05) is 12.1 Å². The van der Waals surface area contributed by atoms with Gasteiger partial charge in [-0.3, -0.25) is 14.5 Å². The first-order valence-electron chi connectivity index (χ1n) is 10.0. The van der Waals surface area contributed by atoms with Crippen molar-refractivity contribution >= 4 is 0 Å². The van der Waals surface area contributed by atoms with E-state index in [9.17, 15) is 5.11 Å². The van der Waals surface area contributed by atoms with Gasteiger partial charge in [0.15, 0.2) is 0 Å². The molecule has 2 bridgehead atoms. The third-order valence-electron chi connectivity index (χ3n) is 6.79. The van der Waals surface area contributed by atoms with E-state index in [0.29, 0.717) is 23.8 Å². The SMILES string of the molecule is CCn1cc(CN2C[C@H](c3cccc(O)c3)[C@H]3[C@@H]2C2CCN3CC2)cn1. The third-order valence-corrected chi connectivity index (χ3v) is 6.79. The van der Waals surface area contributed by atoms with E-state index in [1.807, 2.05) is 23.0 Å². The number of fused-ring (bicyclic) bond motifs is 2. The molecule has 3 atom stereocenters. The highest BCUT2D eigenvalue weighted by Gasteiger charge is 2.53. The Kier molecular flexibility index (Phi) is 4.02. The lowest BCUT2D eigenvalue weighted by atomic mass is 9.75. The zero-order chi connectivity index (χ0) is 17.7. The second-order valence-corrected chi connectivity index (χ2v) is 8.19. The second-order valence-electron chi connectivity index (χ2n) is 8.19. The largest absolute Gasteiger partial charge is 0.508 e. The van der Waals surface area contributed by atoms with Crippen molar-refractivity contribution in [2.75, 3.05) is 19.6 Å². The van der Waals surface area contributed by atoms with Gasteiger partial charge in [-0.25, -0.2) is 0 Å². The minimum Gasteiger partial charge on any atom is -0.508 e. The zero-order valence-electron chi connectivity index (χ0n) is 15.5. The van der Waals surface area contributed by atoms with Crippen molar-refractivity contribution in [2.24, 2.45) is 5.92 Å². The van der Waals surface area contributed by atoms with Gasteiger partial charge < -0.3 is 5.11 Å². The molecule has 5 nitrogen and oxygen atoms in total. The summed E-state index contributed by atoms with van der Waals surface area (Å²) in [6.45, 7) is 7.59. The molecule has 6 rings (SSSR count). The third kappa shape index (κ3) is 2.65. The number of aromatic nitrogens is 2. The number of nitrogens with zero attached hydrogens (tertiary/aromatic N) is 4. The lowest BCUT2D eigenvalue weighted by Crippen LogP contribution is -2.59. The molecule has 4 aliphatic heterocycles. The van der Waals surface area contributed by atoms with E-state index < -0.39 is 0 Å². The predicted molar refractivity (Wildman–Crippen MR) is 101 cm³/mol. The monoisotopic (exact) mass is 352 g/mol. The van der Waals surface area contributed by atoms with Crippen LogP contribution in [0.1, 0.15) is 36.8 Å². The lowest BCUT2D eigenvalue weighted by Gasteiger charge is -2.51. The maximum atomic E-state index is 9.99. The van der Waals surface area contributed by atoms with Gasteiger partial charge in [0.05, 0.1) is 6.20 Å². The number of piperidine rings is 3. The molecule has 1 aromatic heterocycles. The molecular weight excluding hydrogens is 324 g/mol. The van der Waals surface area contributed by atoms with E-state index in [1.54, 1.807) is 6.07 Å². The second kappa shape index (κ2) is 6.39. The van der Waals surface area contributed by atoms with Crippen LogP contribution in [0.25, 0.3) is 0 Å². The van der Waals surface area contributed by atoms with Gasteiger partial charge in [0.25, 0.3) is 0 Å². The molecule has 0 amide bonds. The van der Waals surface area contributed by atoms with Crippen molar-refractivity contribution in [3.8, 4) is 5.75 Å². The van der Waals surface area contributed by atoms with Crippen molar-refractivity contribution in [3.05, 3.63) is 47.8 Å². The summed E-state index contributed by atoms with van der Waals surface area (Å²) >= 11 is 0. The molecule has 5 heteroatoms. The number of likely N-dealkylation sites (tertiary alicyclic amines) is 1. The van der Waals surface area contributed by atoms with Gasteiger partial charge in [-0.2, -0.15) is 5.10 Å². The van der Waals surface area contributed by atoms with E-state index in [1.165, 1.54) is 37.1 Å². The minimum absolute atomic E-state index is 0.387. The predicted octanol–water partition coefficient (Wildman–Crippen LogP) is 2.67. The Morgan fingerprint density at radius 1 is 1.19 bits per heavy atom. The fourth-order valence-electron chi connectivity index (χ4n) is 5.67. The number of benzene rings is 1. The summed E-state index contributed by atoms with van der Waals surface area (Å²) in [5.41, 5.74) is 2.61. The quantitative estimate of drug-likeness (QED) is 0.919. The summed E-state index contributed by atoms with van der Waals surface area (Å²) < 4.78 is 2.02. The van der Waals surface area contributed by atoms with Crippen LogP contribution >= 0.6 is 0 Å². The summed E-state index contributed by atoms with van der Waals surface area (Å²) in [7, 11) is 0. The molecule has 4 fully saturated rings. The Hall–Kier alpha value is -1.85. The average molecular weight is 352 g/mol. The van der Waals surface area contributed by atoms with E-state index >= 15 is 0 Å². The number of hydrogen-bond acceptors (Lipinski definition) is 4. The topological polar surface area (TPSA) is 44.5 Å². The van der Waals surface area contributed by atoms with Crippen molar-refractivity contribution in [1.82, 2.24) is 19.6 Å². The molecule has 4 saturated heterocycles. The van der Waals surface area contributed by atoms with Gasteiger partial charge in [0.1, 0.15) is 5.75 Å². The number of rotatable bonds is 4. The van der Waals surface area contributed by atoms with Crippen LogP contribution in [0.5, 0.6) is 5.75 Å². The molecule has 0 saturated carbocycles. The van der Waals surface area contributed by atoms with Gasteiger partial charge in [-0.15, -0.1) is 0 Å².